The second kappa shape index (κ2) is 4.72. The number of hydrogen-bond acceptors (Lipinski definition) is 3. The fourth-order valence-electron chi connectivity index (χ4n) is 1.98. The van der Waals surface area contributed by atoms with Crippen LogP contribution >= 0.6 is 0 Å². The first-order valence-electron chi connectivity index (χ1n) is 5.56. The van der Waals surface area contributed by atoms with Crippen LogP contribution in [0.15, 0.2) is 18.2 Å². The summed E-state index contributed by atoms with van der Waals surface area (Å²) in [6.45, 7) is 1.80. The molecule has 0 aliphatic carbocycles. The van der Waals surface area contributed by atoms with Gasteiger partial charge >= 0.3 is 5.97 Å². The van der Waals surface area contributed by atoms with Crippen LogP contribution in [0.25, 0.3) is 11.3 Å². The van der Waals surface area contributed by atoms with Crippen molar-refractivity contribution in [2.75, 3.05) is 7.11 Å². The van der Waals surface area contributed by atoms with E-state index in [1.165, 1.54) is 23.9 Å². The number of methoxy groups -OCH3 is 1. The van der Waals surface area contributed by atoms with E-state index in [4.69, 9.17) is 9.84 Å². The van der Waals surface area contributed by atoms with Gasteiger partial charge in [0, 0.05) is 12.6 Å². The van der Waals surface area contributed by atoms with Gasteiger partial charge in [0.05, 0.1) is 12.8 Å². The van der Waals surface area contributed by atoms with Crippen LogP contribution in [0.1, 0.15) is 16.1 Å². The smallest absolute Gasteiger partial charge is 0.356 e. The van der Waals surface area contributed by atoms with Crippen molar-refractivity contribution >= 4 is 5.97 Å². The second-order valence-electron chi connectivity index (χ2n) is 4.12. The zero-order chi connectivity index (χ0) is 14.2. The van der Waals surface area contributed by atoms with Crippen molar-refractivity contribution in [1.29, 1.82) is 0 Å². The molecule has 5 nitrogen and oxygen atoms in total. The van der Waals surface area contributed by atoms with Crippen molar-refractivity contribution in [1.82, 2.24) is 9.78 Å². The summed E-state index contributed by atoms with van der Waals surface area (Å²) in [4.78, 5) is 10.9. The summed E-state index contributed by atoms with van der Waals surface area (Å²) in [5, 5.41) is 12.8. The third kappa shape index (κ3) is 2.16. The number of rotatable bonds is 3. The number of halogens is 1. The monoisotopic (exact) mass is 264 g/mol. The van der Waals surface area contributed by atoms with Gasteiger partial charge in [0.1, 0.15) is 0 Å². The summed E-state index contributed by atoms with van der Waals surface area (Å²) in [5.74, 6) is -1.55. The summed E-state index contributed by atoms with van der Waals surface area (Å²) in [6.07, 6.45) is 0. The number of carboxylic acid groups (broad SMARTS) is 1. The van der Waals surface area contributed by atoms with E-state index < -0.39 is 11.8 Å². The molecule has 0 spiro atoms. The maximum Gasteiger partial charge on any atom is 0.356 e. The lowest BCUT2D eigenvalue weighted by atomic mass is 10.0. The topological polar surface area (TPSA) is 64.3 Å². The predicted molar refractivity (Wildman–Crippen MR) is 66.9 cm³/mol. The van der Waals surface area contributed by atoms with E-state index in [0.29, 0.717) is 11.3 Å². The highest BCUT2D eigenvalue weighted by molar-refractivity contribution is 5.87. The number of ether oxygens (including phenoxy) is 1. The van der Waals surface area contributed by atoms with Gasteiger partial charge in [0.2, 0.25) is 0 Å². The largest absolute Gasteiger partial charge is 0.493 e. The van der Waals surface area contributed by atoms with E-state index in [9.17, 15) is 9.18 Å². The molecule has 0 saturated carbocycles. The Morgan fingerprint density at radius 1 is 1.47 bits per heavy atom. The van der Waals surface area contributed by atoms with Crippen molar-refractivity contribution in [3.8, 4) is 17.0 Å². The van der Waals surface area contributed by atoms with E-state index in [-0.39, 0.29) is 11.4 Å². The second-order valence-corrected chi connectivity index (χ2v) is 4.12. The quantitative estimate of drug-likeness (QED) is 0.923. The van der Waals surface area contributed by atoms with Crippen molar-refractivity contribution in [2.24, 2.45) is 7.05 Å². The Labute approximate surface area is 109 Å². The molecule has 0 bridgehead atoms. The molecule has 1 aromatic heterocycles. The third-order valence-corrected chi connectivity index (χ3v) is 2.88. The van der Waals surface area contributed by atoms with E-state index in [0.717, 1.165) is 5.56 Å². The standard InChI is InChI=1S/C13H13FN2O3/c1-7-4-5-8(14)12(19-3)11(7)10-6-9(13(17)18)15-16(10)2/h4-6H,1-3H3,(H,17,18). The number of nitrogens with zero attached hydrogens (tertiary/aromatic N) is 2. The minimum Gasteiger partial charge on any atom is -0.493 e. The first-order valence-corrected chi connectivity index (χ1v) is 5.56. The number of aromatic carboxylic acids is 1. The van der Waals surface area contributed by atoms with Crippen LogP contribution in [-0.4, -0.2) is 28.0 Å². The summed E-state index contributed by atoms with van der Waals surface area (Å²) in [6, 6.07) is 4.32. The Bertz CT molecular complexity index is 650. The van der Waals surface area contributed by atoms with Crippen LogP contribution < -0.4 is 4.74 Å². The number of hydrogen-bond donors (Lipinski definition) is 1. The number of carboxylic acids is 1. The molecular formula is C13H13FN2O3. The molecule has 1 N–H and O–H groups in total. The summed E-state index contributed by atoms with van der Waals surface area (Å²) in [7, 11) is 2.97. The van der Waals surface area contributed by atoms with Gasteiger partial charge in [0.15, 0.2) is 17.3 Å². The van der Waals surface area contributed by atoms with Gasteiger partial charge in [-0.25, -0.2) is 9.18 Å². The first kappa shape index (κ1) is 13.1. The Hall–Kier alpha value is -2.37. The van der Waals surface area contributed by atoms with Crippen LogP contribution in [0.5, 0.6) is 5.75 Å². The van der Waals surface area contributed by atoms with Crippen LogP contribution in [0, 0.1) is 12.7 Å². The van der Waals surface area contributed by atoms with E-state index in [1.807, 2.05) is 0 Å². The Morgan fingerprint density at radius 3 is 2.68 bits per heavy atom. The average Bonchev–Trinajstić information content (AvgIpc) is 2.74. The summed E-state index contributed by atoms with van der Waals surface area (Å²) < 4.78 is 20.2. The van der Waals surface area contributed by atoms with Gasteiger partial charge < -0.3 is 9.84 Å². The molecule has 0 radical (unpaired) electrons. The molecule has 1 aromatic carbocycles. The lowest BCUT2D eigenvalue weighted by Gasteiger charge is -2.12. The Balaban J connectivity index is 2.71. The minimum atomic E-state index is -1.13. The SMILES string of the molecule is COc1c(F)ccc(C)c1-c1cc(C(=O)O)nn1C. The molecule has 0 atom stereocenters. The molecule has 19 heavy (non-hydrogen) atoms. The average molecular weight is 264 g/mol. The molecular weight excluding hydrogens is 251 g/mol. The van der Waals surface area contributed by atoms with Gasteiger partial charge in [-0.05, 0) is 24.6 Å². The first-order chi connectivity index (χ1) is 8.95. The molecule has 1 heterocycles. The highest BCUT2D eigenvalue weighted by atomic mass is 19.1. The molecule has 0 amide bonds. The van der Waals surface area contributed by atoms with Gasteiger partial charge in [-0.2, -0.15) is 5.10 Å². The highest BCUT2D eigenvalue weighted by Crippen LogP contribution is 2.35. The predicted octanol–water partition coefficient (Wildman–Crippen LogP) is 2.24. The van der Waals surface area contributed by atoms with Crippen LogP contribution in [0.3, 0.4) is 0 Å². The molecule has 0 saturated heterocycles. The lowest BCUT2D eigenvalue weighted by molar-refractivity contribution is 0.0689. The number of aromatic nitrogens is 2. The molecule has 0 aliphatic heterocycles. The zero-order valence-electron chi connectivity index (χ0n) is 10.8. The van der Waals surface area contributed by atoms with Crippen molar-refractivity contribution in [3.05, 3.63) is 35.3 Å². The van der Waals surface area contributed by atoms with Crippen molar-refractivity contribution < 1.29 is 19.0 Å². The van der Waals surface area contributed by atoms with Crippen molar-refractivity contribution in [2.45, 2.75) is 6.92 Å². The lowest BCUT2D eigenvalue weighted by Crippen LogP contribution is -2.01. The zero-order valence-corrected chi connectivity index (χ0v) is 10.8. The molecule has 6 heteroatoms. The summed E-state index contributed by atoms with van der Waals surface area (Å²) in [5.41, 5.74) is 1.68. The van der Waals surface area contributed by atoms with Gasteiger partial charge in [0.25, 0.3) is 0 Å². The Kier molecular flexibility index (Phi) is 3.25. The van der Waals surface area contributed by atoms with Gasteiger partial charge in [-0.15, -0.1) is 0 Å². The number of aryl methyl sites for hydroxylation is 2. The third-order valence-electron chi connectivity index (χ3n) is 2.88. The van der Waals surface area contributed by atoms with E-state index >= 15 is 0 Å². The molecule has 0 unspecified atom stereocenters. The summed E-state index contributed by atoms with van der Waals surface area (Å²) >= 11 is 0. The highest BCUT2D eigenvalue weighted by Gasteiger charge is 2.19. The minimum absolute atomic E-state index is 0.0833. The fourth-order valence-corrected chi connectivity index (χ4v) is 1.98. The van der Waals surface area contributed by atoms with E-state index in [1.54, 1.807) is 20.0 Å². The van der Waals surface area contributed by atoms with Gasteiger partial charge in [-0.1, -0.05) is 6.07 Å². The Morgan fingerprint density at radius 2 is 2.16 bits per heavy atom. The van der Waals surface area contributed by atoms with Crippen LogP contribution in [0.4, 0.5) is 4.39 Å². The maximum atomic E-state index is 13.7. The van der Waals surface area contributed by atoms with Gasteiger partial charge in [-0.3, -0.25) is 4.68 Å². The molecule has 2 rings (SSSR count). The molecule has 2 aromatic rings. The van der Waals surface area contributed by atoms with E-state index in [2.05, 4.69) is 5.10 Å². The molecule has 0 aliphatic rings. The maximum absolute atomic E-state index is 13.7. The normalized spacial score (nSPS) is 10.5. The number of carbonyl (C=O) groups is 1. The number of benzene rings is 1. The van der Waals surface area contributed by atoms with Crippen LogP contribution in [0.2, 0.25) is 0 Å². The molecule has 0 fully saturated rings. The fraction of sp³-hybridized carbons (Fsp3) is 0.231. The molecule has 100 valence electrons. The van der Waals surface area contributed by atoms with Crippen molar-refractivity contribution in [3.63, 3.8) is 0 Å². The van der Waals surface area contributed by atoms with Crippen LogP contribution in [-0.2, 0) is 7.05 Å².